The minimum atomic E-state index is 0.241. The fraction of sp³-hybridized carbons (Fsp3) is 1.00. The fourth-order valence-corrected chi connectivity index (χ4v) is 3.98. The fourth-order valence-electron chi connectivity index (χ4n) is 3.98. The van der Waals surface area contributed by atoms with E-state index in [0.29, 0.717) is 6.10 Å². The Morgan fingerprint density at radius 1 is 1.14 bits per heavy atom. The van der Waals surface area contributed by atoms with Crippen LogP contribution in [0.1, 0.15) is 40.0 Å². The van der Waals surface area contributed by atoms with Crippen molar-refractivity contribution in [1.82, 2.24) is 15.1 Å². The molecular formula is C17H33N3O. The third-order valence-corrected chi connectivity index (χ3v) is 5.21. The van der Waals surface area contributed by atoms with Crippen molar-refractivity contribution in [3.8, 4) is 0 Å². The molecule has 0 aromatic carbocycles. The van der Waals surface area contributed by atoms with Gasteiger partial charge in [0.05, 0.1) is 12.7 Å². The number of likely N-dealkylation sites (tertiary alicyclic amines) is 1. The van der Waals surface area contributed by atoms with E-state index >= 15 is 0 Å². The molecule has 3 unspecified atom stereocenters. The zero-order valence-electron chi connectivity index (χ0n) is 14.1. The molecule has 3 atom stereocenters. The molecular weight excluding hydrogens is 262 g/mol. The lowest BCUT2D eigenvalue weighted by molar-refractivity contribution is -0.0592. The smallest absolute Gasteiger partial charge is 0.0829 e. The lowest BCUT2D eigenvalue weighted by Crippen LogP contribution is -2.50. The average molecular weight is 295 g/mol. The van der Waals surface area contributed by atoms with Gasteiger partial charge in [0.15, 0.2) is 0 Å². The van der Waals surface area contributed by atoms with E-state index < -0.39 is 0 Å². The Bertz CT molecular complexity index is 341. The number of fused-ring (bicyclic) bond motifs is 1. The van der Waals surface area contributed by atoms with Gasteiger partial charge in [0.1, 0.15) is 0 Å². The molecule has 0 radical (unpaired) electrons. The number of morpholine rings is 1. The predicted octanol–water partition coefficient (Wildman–Crippen LogP) is 1.56. The van der Waals surface area contributed by atoms with Gasteiger partial charge in [0.2, 0.25) is 0 Å². The summed E-state index contributed by atoms with van der Waals surface area (Å²) in [6.07, 6.45) is 4.48. The minimum absolute atomic E-state index is 0.241. The van der Waals surface area contributed by atoms with E-state index in [-0.39, 0.29) is 5.54 Å². The first kappa shape index (κ1) is 15.7. The minimum Gasteiger partial charge on any atom is -0.374 e. The molecule has 122 valence electrons. The van der Waals surface area contributed by atoms with Gasteiger partial charge in [0, 0.05) is 31.2 Å². The van der Waals surface area contributed by atoms with Crippen molar-refractivity contribution in [3.05, 3.63) is 0 Å². The molecule has 21 heavy (non-hydrogen) atoms. The van der Waals surface area contributed by atoms with Gasteiger partial charge in [0.25, 0.3) is 0 Å². The second-order valence-electron chi connectivity index (χ2n) is 8.29. The van der Waals surface area contributed by atoms with Crippen LogP contribution in [0.25, 0.3) is 0 Å². The van der Waals surface area contributed by atoms with Gasteiger partial charge in [-0.3, -0.25) is 4.90 Å². The van der Waals surface area contributed by atoms with Gasteiger partial charge in [-0.1, -0.05) is 0 Å². The predicted molar refractivity (Wildman–Crippen MR) is 86.6 cm³/mol. The van der Waals surface area contributed by atoms with E-state index in [9.17, 15) is 0 Å². The van der Waals surface area contributed by atoms with Crippen LogP contribution in [-0.4, -0.2) is 73.4 Å². The topological polar surface area (TPSA) is 27.7 Å². The molecule has 0 bridgehead atoms. The van der Waals surface area contributed by atoms with Crippen molar-refractivity contribution in [2.75, 3.05) is 45.9 Å². The first-order valence-electron chi connectivity index (χ1n) is 8.83. The maximum absolute atomic E-state index is 6.10. The SMILES string of the molecule is CC(C)(C)NCC1CCN(CC2CN3CCCC3CO2)C1. The highest BCUT2D eigenvalue weighted by Gasteiger charge is 2.34. The number of ether oxygens (including phenoxy) is 1. The summed E-state index contributed by atoms with van der Waals surface area (Å²) in [6, 6.07) is 0.726. The summed E-state index contributed by atoms with van der Waals surface area (Å²) in [7, 11) is 0. The molecule has 0 spiro atoms. The van der Waals surface area contributed by atoms with Crippen molar-refractivity contribution in [1.29, 1.82) is 0 Å². The van der Waals surface area contributed by atoms with Crippen molar-refractivity contribution in [3.63, 3.8) is 0 Å². The van der Waals surface area contributed by atoms with Crippen molar-refractivity contribution in [2.45, 2.75) is 57.7 Å². The molecule has 3 aliphatic rings. The Balaban J connectivity index is 1.38. The number of rotatable bonds is 4. The molecule has 3 saturated heterocycles. The van der Waals surface area contributed by atoms with Crippen molar-refractivity contribution in [2.24, 2.45) is 5.92 Å². The number of nitrogens with one attached hydrogen (secondary N) is 1. The second-order valence-corrected chi connectivity index (χ2v) is 8.29. The Morgan fingerprint density at radius 3 is 2.81 bits per heavy atom. The molecule has 0 aliphatic carbocycles. The molecule has 3 fully saturated rings. The normalized spacial score (nSPS) is 35.3. The highest BCUT2D eigenvalue weighted by atomic mass is 16.5. The summed E-state index contributed by atoms with van der Waals surface area (Å²) in [4.78, 5) is 5.28. The van der Waals surface area contributed by atoms with Gasteiger partial charge >= 0.3 is 0 Å². The Morgan fingerprint density at radius 2 is 2.00 bits per heavy atom. The molecule has 3 aliphatic heterocycles. The van der Waals surface area contributed by atoms with Crippen LogP contribution < -0.4 is 5.32 Å². The Kier molecular flexibility index (Phi) is 4.89. The van der Waals surface area contributed by atoms with Crippen LogP contribution in [0.15, 0.2) is 0 Å². The lowest BCUT2D eigenvalue weighted by Gasteiger charge is -2.36. The van der Waals surface area contributed by atoms with Crippen LogP contribution in [0.5, 0.6) is 0 Å². The molecule has 3 heterocycles. The van der Waals surface area contributed by atoms with Crippen molar-refractivity contribution >= 4 is 0 Å². The van der Waals surface area contributed by atoms with E-state index in [4.69, 9.17) is 4.74 Å². The van der Waals surface area contributed by atoms with Crippen LogP contribution in [0.2, 0.25) is 0 Å². The van der Waals surface area contributed by atoms with Gasteiger partial charge < -0.3 is 15.0 Å². The number of nitrogens with zero attached hydrogens (tertiary/aromatic N) is 2. The monoisotopic (exact) mass is 295 g/mol. The summed E-state index contributed by atoms with van der Waals surface area (Å²) >= 11 is 0. The maximum Gasteiger partial charge on any atom is 0.0829 e. The Labute approximate surface area is 130 Å². The van der Waals surface area contributed by atoms with E-state index in [1.165, 1.54) is 38.9 Å². The van der Waals surface area contributed by atoms with Crippen LogP contribution in [-0.2, 0) is 4.74 Å². The van der Waals surface area contributed by atoms with Gasteiger partial charge in [-0.15, -0.1) is 0 Å². The third kappa shape index (κ3) is 4.41. The van der Waals surface area contributed by atoms with Crippen LogP contribution >= 0.6 is 0 Å². The first-order valence-corrected chi connectivity index (χ1v) is 8.83. The number of hydrogen-bond acceptors (Lipinski definition) is 4. The Hall–Kier alpha value is -0.160. The standard InChI is InChI=1S/C17H33N3O/c1-17(2,3)18-9-14-6-8-19(10-14)11-16-12-20-7-4-5-15(20)13-21-16/h14-16,18H,4-13H2,1-3H3. The second kappa shape index (κ2) is 6.53. The van der Waals surface area contributed by atoms with Gasteiger partial charge in [-0.25, -0.2) is 0 Å². The summed E-state index contributed by atoms with van der Waals surface area (Å²) in [6.45, 7) is 15.0. The molecule has 0 saturated carbocycles. The van der Waals surface area contributed by atoms with Gasteiger partial charge in [-0.05, 0) is 65.6 Å². The summed E-state index contributed by atoms with van der Waals surface area (Å²) in [5, 5.41) is 3.65. The third-order valence-electron chi connectivity index (χ3n) is 5.21. The molecule has 0 amide bonds. The van der Waals surface area contributed by atoms with Gasteiger partial charge in [-0.2, -0.15) is 0 Å². The zero-order valence-corrected chi connectivity index (χ0v) is 14.1. The van der Waals surface area contributed by atoms with Crippen LogP contribution in [0, 0.1) is 5.92 Å². The van der Waals surface area contributed by atoms with E-state index in [2.05, 4.69) is 35.9 Å². The average Bonchev–Trinajstić information content (AvgIpc) is 3.04. The molecule has 0 aromatic rings. The summed E-state index contributed by atoms with van der Waals surface area (Å²) < 4.78 is 6.10. The largest absolute Gasteiger partial charge is 0.374 e. The highest BCUT2D eigenvalue weighted by molar-refractivity contribution is 4.88. The van der Waals surface area contributed by atoms with Crippen LogP contribution in [0.3, 0.4) is 0 Å². The molecule has 1 N–H and O–H groups in total. The number of hydrogen-bond donors (Lipinski definition) is 1. The lowest BCUT2D eigenvalue weighted by atomic mass is 10.1. The van der Waals surface area contributed by atoms with Crippen LogP contribution in [0.4, 0.5) is 0 Å². The van der Waals surface area contributed by atoms with Crippen molar-refractivity contribution < 1.29 is 4.74 Å². The highest BCUT2D eigenvalue weighted by Crippen LogP contribution is 2.24. The first-order chi connectivity index (χ1) is 9.99. The molecule has 3 rings (SSSR count). The summed E-state index contributed by atoms with van der Waals surface area (Å²) in [5.41, 5.74) is 0.241. The molecule has 4 heteroatoms. The van der Waals surface area contributed by atoms with E-state index in [1.807, 2.05) is 0 Å². The quantitative estimate of drug-likeness (QED) is 0.852. The summed E-state index contributed by atoms with van der Waals surface area (Å²) in [5.74, 6) is 0.812. The molecule has 0 aromatic heterocycles. The molecule has 4 nitrogen and oxygen atoms in total. The van der Waals surface area contributed by atoms with E-state index in [0.717, 1.165) is 38.2 Å². The zero-order chi connectivity index (χ0) is 14.9. The maximum atomic E-state index is 6.10. The van der Waals surface area contributed by atoms with E-state index in [1.54, 1.807) is 0 Å².